The third kappa shape index (κ3) is 3.37. The summed E-state index contributed by atoms with van der Waals surface area (Å²) >= 11 is 0. The maximum atomic E-state index is 12.3. The van der Waals surface area contributed by atoms with Crippen LogP contribution in [0.1, 0.15) is 32.6 Å². The molecule has 1 fully saturated rings. The first-order chi connectivity index (χ1) is 9.61. The molecular formula is C14H21N3O3. The standard InChI is InChI=1S/C14H21N3O3/c1-2-6-16-8-5-15-13(14(16)20)17-7-3-4-11(10-17)9-12(18)19/h5,8,11H,2-4,6-7,9-10H2,1H3,(H,18,19). The second-order valence-corrected chi connectivity index (χ2v) is 5.30. The van der Waals surface area contributed by atoms with Crippen LogP contribution in [0.2, 0.25) is 0 Å². The molecule has 0 radical (unpaired) electrons. The van der Waals surface area contributed by atoms with E-state index in [0.717, 1.165) is 25.8 Å². The molecule has 0 bridgehead atoms. The molecule has 1 aliphatic heterocycles. The van der Waals surface area contributed by atoms with Gasteiger partial charge in [0.25, 0.3) is 5.56 Å². The molecule has 0 spiro atoms. The van der Waals surface area contributed by atoms with Crippen molar-refractivity contribution in [2.75, 3.05) is 18.0 Å². The molecule has 20 heavy (non-hydrogen) atoms. The number of nitrogens with zero attached hydrogens (tertiary/aromatic N) is 3. The summed E-state index contributed by atoms with van der Waals surface area (Å²) in [4.78, 5) is 29.3. The molecule has 1 aromatic heterocycles. The lowest BCUT2D eigenvalue weighted by Crippen LogP contribution is -2.41. The minimum Gasteiger partial charge on any atom is -0.481 e. The van der Waals surface area contributed by atoms with Crippen LogP contribution in [0.15, 0.2) is 17.2 Å². The molecule has 6 nitrogen and oxygen atoms in total. The first kappa shape index (κ1) is 14.6. The number of carbonyl (C=O) groups is 1. The number of aryl methyl sites for hydroxylation is 1. The zero-order valence-electron chi connectivity index (χ0n) is 11.8. The van der Waals surface area contributed by atoms with Gasteiger partial charge < -0.3 is 14.6 Å². The molecule has 0 aliphatic carbocycles. The quantitative estimate of drug-likeness (QED) is 0.880. The number of aromatic nitrogens is 2. The average Bonchev–Trinajstić information content (AvgIpc) is 2.41. The second kappa shape index (κ2) is 6.54. The van der Waals surface area contributed by atoms with Gasteiger partial charge in [-0.15, -0.1) is 0 Å². The molecule has 1 aliphatic rings. The molecule has 2 rings (SSSR count). The fraction of sp³-hybridized carbons (Fsp3) is 0.643. The van der Waals surface area contributed by atoms with Gasteiger partial charge in [-0.3, -0.25) is 9.59 Å². The summed E-state index contributed by atoms with van der Waals surface area (Å²) in [5, 5.41) is 8.89. The molecule has 0 amide bonds. The highest BCUT2D eigenvalue weighted by Gasteiger charge is 2.24. The van der Waals surface area contributed by atoms with Gasteiger partial charge in [-0.2, -0.15) is 0 Å². The SMILES string of the molecule is CCCn1ccnc(N2CCCC(CC(=O)O)C2)c1=O. The third-order valence-corrected chi connectivity index (χ3v) is 3.64. The van der Waals surface area contributed by atoms with Gasteiger partial charge in [0.15, 0.2) is 5.82 Å². The lowest BCUT2D eigenvalue weighted by Gasteiger charge is -2.32. The van der Waals surface area contributed by atoms with Crippen LogP contribution in [-0.2, 0) is 11.3 Å². The van der Waals surface area contributed by atoms with E-state index in [-0.39, 0.29) is 17.9 Å². The maximum Gasteiger partial charge on any atom is 0.303 e. The summed E-state index contributed by atoms with van der Waals surface area (Å²) in [6, 6.07) is 0. The Balaban J connectivity index is 2.16. The molecule has 1 saturated heterocycles. The fourth-order valence-electron chi connectivity index (χ4n) is 2.74. The number of piperidine rings is 1. The lowest BCUT2D eigenvalue weighted by molar-refractivity contribution is -0.138. The van der Waals surface area contributed by atoms with E-state index < -0.39 is 5.97 Å². The van der Waals surface area contributed by atoms with E-state index in [9.17, 15) is 9.59 Å². The predicted octanol–water partition coefficient (Wildman–Crippen LogP) is 1.34. The number of carboxylic acid groups (broad SMARTS) is 1. The van der Waals surface area contributed by atoms with Crippen molar-refractivity contribution in [2.24, 2.45) is 5.92 Å². The monoisotopic (exact) mass is 279 g/mol. The van der Waals surface area contributed by atoms with Crippen molar-refractivity contribution in [1.82, 2.24) is 9.55 Å². The summed E-state index contributed by atoms with van der Waals surface area (Å²) in [7, 11) is 0. The number of hydrogen-bond acceptors (Lipinski definition) is 4. The van der Waals surface area contributed by atoms with Crippen molar-refractivity contribution in [3.63, 3.8) is 0 Å². The molecule has 1 aromatic rings. The van der Waals surface area contributed by atoms with Crippen LogP contribution >= 0.6 is 0 Å². The molecule has 1 atom stereocenters. The molecule has 0 saturated carbocycles. The Morgan fingerprint density at radius 1 is 1.55 bits per heavy atom. The lowest BCUT2D eigenvalue weighted by atomic mass is 9.95. The number of hydrogen-bond donors (Lipinski definition) is 1. The maximum absolute atomic E-state index is 12.3. The Morgan fingerprint density at radius 3 is 3.05 bits per heavy atom. The summed E-state index contributed by atoms with van der Waals surface area (Å²) in [5.41, 5.74) is -0.0784. The largest absolute Gasteiger partial charge is 0.481 e. The highest BCUT2D eigenvalue weighted by atomic mass is 16.4. The number of rotatable bonds is 5. The highest BCUT2D eigenvalue weighted by Crippen LogP contribution is 2.21. The highest BCUT2D eigenvalue weighted by molar-refractivity contribution is 5.67. The van der Waals surface area contributed by atoms with Gasteiger partial charge in [0.05, 0.1) is 0 Å². The van der Waals surface area contributed by atoms with Gasteiger partial charge in [-0.25, -0.2) is 4.98 Å². The first-order valence-electron chi connectivity index (χ1n) is 7.14. The van der Waals surface area contributed by atoms with Crippen LogP contribution in [0.25, 0.3) is 0 Å². The van der Waals surface area contributed by atoms with Crippen molar-refractivity contribution in [1.29, 1.82) is 0 Å². The van der Waals surface area contributed by atoms with E-state index in [1.165, 1.54) is 0 Å². The molecule has 6 heteroatoms. The van der Waals surface area contributed by atoms with Crippen molar-refractivity contribution in [3.8, 4) is 0 Å². The van der Waals surface area contributed by atoms with E-state index in [2.05, 4.69) is 4.98 Å². The summed E-state index contributed by atoms with van der Waals surface area (Å²) in [5.74, 6) is -0.223. The predicted molar refractivity (Wildman–Crippen MR) is 76.0 cm³/mol. The van der Waals surface area contributed by atoms with Crippen LogP contribution in [0.3, 0.4) is 0 Å². The van der Waals surface area contributed by atoms with Crippen LogP contribution in [0, 0.1) is 5.92 Å². The van der Waals surface area contributed by atoms with Crippen LogP contribution in [-0.4, -0.2) is 33.7 Å². The van der Waals surface area contributed by atoms with Gasteiger partial charge in [-0.05, 0) is 25.2 Å². The fourth-order valence-corrected chi connectivity index (χ4v) is 2.74. The Labute approximate surface area is 118 Å². The van der Waals surface area contributed by atoms with Crippen molar-refractivity contribution in [2.45, 2.75) is 39.2 Å². The van der Waals surface area contributed by atoms with E-state index in [4.69, 9.17) is 5.11 Å². The third-order valence-electron chi connectivity index (χ3n) is 3.64. The van der Waals surface area contributed by atoms with E-state index in [0.29, 0.717) is 18.9 Å². The minimum atomic E-state index is -0.777. The normalized spacial score (nSPS) is 19.1. The topological polar surface area (TPSA) is 75.4 Å². The van der Waals surface area contributed by atoms with Crippen LogP contribution in [0.4, 0.5) is 5.82 Å². The number of carboxylic acids is 1. The summed E-state index contributed by atoms with van der Waals surface area (Å²) in [6.45, 7) is 4.08. The van der Waals surface area contributed by atoms with Crippen molar-refractivity contribution < 1.29 is 9.90 Å². The Kier molecular flexibility index (Phi) is 4.76. The smallest absolute Gasteiger partial charge is 0.303 e. The van der Waals surface area contributed by atoms with Gasteiger partial charge >= 0.3 is 5.97 Å². The molecular weight excluding hydrogens is 258 g/mol. The zero-order valence-corrected chi connectivity index (χ0v) is 11.8. The van der Waals surface area contributed by atoms with E-state index in [1.807, 2.05) is 11.8 Å². The Hall–Kier alpha value is -1.85. The van der Waals surface area contributed by atoms with E-state index in [1.54, 1.807) is 17.0 Å². The molecule has 110 valence electrons. The average molecular weight is 279 g/mol. The Morgan fingerprint density at radius 2 is 2.35 bits per heavy atom. The van der Waals surface area contributed by atoms with Crippen molar-refractivity contribution in [3.05, 3.63) is 22.7 Å². The summed E-state index contributed by atoms with van der Waals surface area (Å²) in [6.07, 6.45) is 6.21. The van der Waals surface area contributed by atoms with Crippen LogP contribution < -0.4 is 10.5 Å². The summed E-state index contributed by atoms with van der Waals surface area (Å²) < 4.78 is 1.67. The van der Waals surface area contributed by atoms with Crippen molar-refractivity contribution >= 4 is 11.8 Å². The van der Waals surface area contributed by atoms with Gasteiger partial charge in [0.1, 0.15) is 0 Å². The first-order valence-corrected chi connectivity index (χ1v) is 7.14. The van der Waals surface area contributed by atoms with Gasteiger partial charge in [-0.1, -0.05) is 6.92 Å². The second-order valence-electron chi connectivity index (χ2n) is 5.30. The number of aliphatic carboxylic acids is 1. The van der Waals surface area contributed by atoms with Gasteiger partial charge in [0.2, 0.25) is 0 Å². The molecule has 1 N–H and O–H groups in total. The molecule has 1 unspecified atom stereocenters. The minimum absolute atomic E-state index is 0.0784. The molecule has 2 heterocycles. The Bertz CT molecular complexity index is 527. The molecule has 0 aromatic carbocycles. The number of anilines is 1. The van der Waals surface area contributed by atoms with E-state index >= 15 is 0 Å². The zero-order chi connectivity index (χ0) is 14.5. The van der Waals surface area contributed by atoms with Crippen LogP contribution in [0.5, 0.6) is 0 Å². The van der Waals surface area contributed by atoms with Gasteiger partial charge in [0, 0.05) is 38.4 Å².